The molecule has 1 saturated heterocycles. The summed E-state index contributed by atoms with van der Waals surface area (Å²) in [6, 6.07) is 21.7. The molecule has 6 heteroatoms. The fraction of sp³-hybridized carbons (Fsp3) is 0.310. The number of aliphatic hydroxyl groups is 1. The van der Waals surface area contributed by atoms with Gasteiger partial charge < -0.3 is 10.0 Å². The quantitative estimate of drug-likeness (QED) is 0.435. The van der Waals surface area contributed by atoms with E-state index in [1.54, 1.807) is 12.1 Å². The molecule has 3 heterocycles. The van der Waals surface area contributed by atoms with Crippen LogP contribution in [0.3, 0.4) is 0 Å². The zero-order valence-corrected chi connectivity index (χ0v) is 19.5. The number of nitrogens with zero attached hydrogens (tertiary/aromatic N) is 3. The number of carbonyl (C=O) groups is 1. The highest BCUT2D eigenvalue weighted by molar-refractivity contribution is 6.00. The molecule has 0 radical (unpaired) electrons. The van der Waals surface area contributed by atoms with E-state index >= 15 is 0 Å². The third-order valence-electron chi connectivity index (χ3n) is 7.86. The minimum absolute atomic E-state index is 0.0122. The van der Waals surface area contributed by atoms with Crippen LogP contribution >= 0.6 is 0 Å². The molecule has 2 aromatic carbocycles. The smallest absolute Gasteiger partial charge is 0.274 e. The average Bonchev–Trinajstić information content (AvgIpc) is 3.29. The number of pyridine rings is 1. The number of imidazole rings is 1. The number of piperidine rings is 1. The van der Waals surface area contributed by atoms with E-state index in [0.29, 0.717) is 24.5 Å². The number of fused-ring (bicyclic) bond motifs is 2. The van der Waals surface area contributed by atoms with E-state index in [9.17, 15) is 14.3 Å². The van der Waals surface area contributed by atoms with E-state index in [0.717, 1.165) is 42.3 Å². The Morgan fingerprint density at radius 3 is 2.51 bits per heavy atom. The zero-order valence-electron chi connectivity index (χ0n) is 19.5. The van der Waals surface area contributed by atoms with Gasteiger partial charge in [-0.15, -0.1) is 0 Å². The van der Waals surface area contributed by atoms with Crippen LogP contribution in [-0.2, 0) is 5.60 Å². The van der Waals surface area contributed by atoms with Gasteiger partial charge in [0, 0.05) is 30.3 Å². The molecule has 0 bridgehead atoms. The van der Waals surface area contributed by atoms with Crippen molar-refractivity contribution in [2.45, 2.75) is 43.7 Å². The zero-order chi connectivity index (χ0) is 24.0. The predicted octanol–water partition coefficient (Wildman–Crippen LogP) is 5.43. The molecule has 1 amide bonds. The van der Waals surface area contributed by atoms with Gasteiger partial charge in [-0.05, 0) is 61.2 Å². The molecule has 1 N–H and O–H groups in total. The van der Waals surface area contributed by atoms with Crippen LogP contribution < -0.4 is 0 Å². The largest absolute Gasteiger partial charge is 0.385 e. The minimum Gasteiger partial charge on any atom is -0.385 e. The molecule has 1 saturated carbocycles. The lowest BCUT2D eigenvalue weighted by atomic mass is 9.66. The molecular formula is C29H28FN3O2. The van der Waals surface area contributed by atoms with Crippen molar-refractivity contribution < 1.29 is 14.3 Å². The first-order valence-electron chi connectivity index (χ1n) is 12.4. The number of carbonyl (C=O) groups excluding carboxylic acids is 1. The lowest BCUT2D eigenvalue weighted by molar-refractivity contribution is -0.110. The first-order chi connectivity index (χ1) is 17.1. The number of hydrogen-bond donors (Lipinski definition) is 1. The molecule has 4 aromatic rings. The lowest BCUT2D eigenvalue weighted by Gasteiger charge is -2.52. The van der Waals surface area contributed by atoms with Crippen molar-refractivity contribution in [2.24, 2.45) is 5.92 Å². The van der Waals surface area contributed by atoms with Crippen LogP contribution in [0.25, 0.3) is 16.9 Å². The SMILES string of the molecule is O=C(c1nc(-c2ccc(F)cc2)n2ccccc12)N1CC[C@@](O)(c2ccccc2)[C@@H]2CCCC[C@@H]21. The molecule has 0 spiro atoms. The highest BCUT2D eigenvalue weighted by Crippen LogP contribution is 2.47. The molecule has 178 valence electrons. The Labute approximate surface area is 203 Å². The van der Waals surface area contributed by atoms with E-state index in [2.05, 4.69) is 0 Å². The van der Waals surface area contributed by atoms with Gasteiger partial charge in [-0.1, -0.05) is 49.2 Å². The summed E-state index contributed by atoms with van der Waals surface area (Å²) in [5.41, 5.74) is 1.89. The number of halogens is 1. The highest BCUT2D eigenvalue weighted by Gasteiger charge is 2.50. The van der Waals surface area contributed by atoms with Crippen molar-refractivity contribution in [3.63, 3.8) is 0 Å². The summed E-state index contributed by atoms with van der Waals surface area (Å²) in [5.74, 6) is 0.186. The first-order valence-corrected chi connectivity index (χ1v) is 12.4. The third-order valence-corrected chi connectivity index (χ3v) is 7.86. The van der Waals surface area contributed by atoms with Gasteiger partial charge >= 0.3 is 0 Å². The molecule has 2 aliphatic rings. The third kappa shape index (κ3) is 3.64. The van der Waals surface area contributed by atoms with Crippen molar-refractivity contribution >= 4 is 11.4 Å². The maximum absolute atomic E-state index is 14.0. The fourth-order valence-corrected chi connectivity index (χ4v) is 6.15. The topological polar surface area (TPSA) is 57.8 Å². The Balaban J connectivity index is 1.39. The predicted molar refractivity (Wildman–Crippen MR) is 132 cm³/mol. The van der Waals surface area contributed by atoms with Crippen LogP contribution in [0.2, 0.25) is 0 Å². The summed E-state index contributed by atoms with van der Waals surface area (Å²) in [6.07, 6.45) is 6.25. The normalized spacial score (nSPS) is 24.3. The summed E-state index contributed by atoms with van der Waals surface area (Å²) in [5, 5.41) is 11.9. The maximum atomic E-state index is 14.0. The van der Waals surface area contributed by atoms with E-state index in [-0.39, 0.29) is 23.7 Å². The van der Waals surface area contributed by atoms with Crippen LogP contribution in [0.15, 0.2) is 79.0 Å². The van der Waals surface area contributed by atoms with Gasteiger partial charge in [0.25, 0.3) is 5.91 Å². The second-order valence-electron chi connectivity index (χ2n) is 9.74. The van der Waals surface area contributed by atoms with Crippen molar-refractivity contribution in [1.29, 1.82) is 0 Å². The van der Waals surface area contributed by atoms with Gasteiger partial charge in [0.15, 0.2) is 5.69 Å². The van der Waals surface area contributed by atoms with Crippen molar-refractivity contribution in [3.05, 3.63) is 96.1 Å². The summed E-state index contributed by atoms with van der Waals surface area (Å²) in [6.45, 7) is 0.475. The molecule has 0 unspecified atom stereocenters. The van der Waals surface area contributed by atoms with Crippen LogP contribution in [0.1, 0.15) is 48.2 Å². The summed E-state index contributed by atoms with van der Waals surface area (Å²) < 4.78 is 15.4. The number of aromatic nitrogens is 2. The number of hydrogen-bond acceptors (Lipinski definition) is 3. The van der Waals surface area contributed by atoms with Gasteiger partial charge in [-0.3, -0.25) is 9.20 Å². The average molecular weight is 470 g/mol. The van der Waals surface area contributed by atoms with Gasteiger partial charge in [-0.2, -0.15) is 0 Å². The number of rotatable bonds is 3. The monoisotopic (exact) mass is 469 g/mol. The Morgan fingerprint density at radius 1 is 0.971 bits per heavy atom. The van der Waals surface area contributed by atoms with E-state index in [1.165, 1.54) is 12.1 Å². The fourth-order valence-electron chi connectivity index (χ4n) is 6.15. The van der Waals surface area contributed by atoms with Crippen LogP contribution in [-0.4, -0.2) is 37.9 Å². The molecule has 3 atom stereocenters. The van der Waals surface area contributed by atoms with Crippen LogP contribution in [0.4, 0.5) is 4.39 Å². The second kappa shape index (κ2) is 8.61. The second-order valence-corrected chi connectivity index (χ2v) is 9.74. The van der Waals surface area contributed by atoms with Crippen molar-refractivity contribution in [1.82, 2.24) is 14.3 Å². The number of amides is 1. The lowest BCUT2D eigenvalue weighted by Crippen LogP contribution is -2.59. The molecule has 35 heavy (non-hydrogen) atoms. The molecule has 1 aliphatic carbocycles. The maximum Gasteiger partial charge on any atom is 0.274 e. The molecule has 6 rings (SSSR count). The van der Waals surface area contributed by atoms with E-state index in [1.807, 2.05) is 64.0 Å². The van der Waals surface area contributed by atoms with Crippen molar-refractivity contribution in [3.8, 4) is 11.4 Å². The van der Waals surface area contributed by atoms with Gasteiger partial charge in [0.2, 0.25) is 0 Å². The van der Waals surface area contributed by atoms with Gasteiger partial charge in [0.1, 0.15) is 11.6 Å². The van der Waals surface area contributed by atoms with Gasteiger partial charge in [-0.25, -0.2) is 9.37 Å². The van der Waals surface area contributed by atoms with E-state index < -0.39 is 5.60 Å². The Kier molecular flexibility index (Phi) is 5.41. The molecule has 1 aliphatic heterocycles. The summed E-state index contributed by atoms with van der Waals surface area (Å²) >= 11 is 0. The van der Waals surface area contributed by atoms with Crippen LogP contribution in [0, 0.1) is 11.7 Å². The first kappa shape index (κ1) is 22.0. The standard InChI is InChI=1S/C29H28FN3O2/c30-22-15-13-20(14-16-22)27-31-26(25-12-6-7-18-32(25)27)28(34)33-19-17-29(35,21-8-2-1-3-9-21)23-10-4-5-11-24(23)33/h1-3,6-9,12-16,18,23-24,35H,4-5,10-11,17,19H2/t23-,24+,29-/m1/s1. The summed E-state index contributed by atoms with van der Waals surface area (Å²) in [7, 11) is 0. The molecule has 5 nitrogen and oxygen atoms in total. The summed E-state index contributed by atoms with van der Waals surface area (Å²) in [4.78, 5) is 20.8. The van der Waals surface area contributed by atoms with Gasteiger partial charge in [0.05, 0.1) is 11.1 Å². The highest BCUT2D eigenvalue weighted by atomic mass is 19.1. The Hall–Kier alpha value is -3.51. The molecule has 2 aromatic heterocycles. The Bertz CT molecular complexity index is 1370. The minimum atomic E-state index is -0.932. The van der Waals surface area contributed by atoms with Crippen LogP contribution in [0.5, 0.6) is 0 Å². The van der Waals surface area contributed by atoms with Crippen molar-refractivity contribution in [2.75, 3.05) is 6.54 Å². The van der Waals surface area contributed by atoms with E-state index in [4.69, 9.17) is 4.98 Å². The Morgan fingerprint density at radius 2 is 1.71 bits per heavy atom. The number of likely N-dealkylation sites (tertiary alicyclic amines) is 1. The number of benzene rings is 2. The molecule has 2 fully saturated rings. The molecular weight excluding hydrogens is 441 g/mol.